The van der Waals surface area contributed by atoms with Gasteiger partial charge in [0.05, 0.1) is 17.1 Å². The summed E-state index contributed by atoms with van der Waals surface area (Å²) in [5.41, 5.74) is 5.01. The molecule has 0 spiro atoms. The zero-order chi connectivity index (χ0) is 13.4. The number of imidazole rings is 1. The summed E-state index contributed by atoms with van der Waals surface area (Å²) in [4.78, 5) is 9.27. The molecule has 0 aliphatic rings. The van der Waals surface area contributed by atoms with Crippen LogP contribution in [0.5, 0.6) is 0 Å². The van der Waals surface area contributed by atoms with E-state index in [0.717, 1.165) is 39.3 Å². The molecule has 0 N–H and O–H groups in total. The maximum atomic E-state index is 4.66. The summed E-state index contributed by atoms with van der Waals surface area (Å²) in [6.45, 7) is 4.11. The van der Waals surface area contributed by atoms with Crippen molar-refractivity contribution in [3.63, 3.8) is 0 Å². The zero-order valence-electron chi connectivity index (χ0n) is 10.9. The Morgan fingerprint density at radius 3 is 2.58 bits per heavy atom. The third-order valence-corrected chi connectivity index (χ3v) is 4.03. The number of aromatic nitrogens is 3. The Morgan fingerprint density at radius 1 is 1.16 bits per heavy atom. The van der Waals surface area contributed by atoms with Crippen LogP contribution in [0.2, 0.25) is 0 Å². The van der Waals surface area contributed by atoms with Gasteiger partial charge in [-0.05, 0) is 29.3 Å². The quantitative estimate of drug-likeness (QED) is 0.714. The van der Waals surface area contributed by atoms with E-state index < -0.39 is 0 Å². The smallest absolute Gasteiger partial charge is 0.159 e. The van der Waals surface area contributed by atoms with Gasteiger partial charge in [-0.25, -0.2) is 9.97 Å². The Kier molecular flexibility index (Phi) is 3.11. The van der Waals surface area contributed by atoms with E-state index in [1.807, 2.05) is 31.3 Å². The Labute approximate surface area is 120 Å². The topological polar surface area (TPSA) is 30.2 Å². The van der Waals surface area contributed by atoms with Gasteiger partial charge < -0.3 is 0 Å². The first-order chi connectivity index (χ1) is 9.20. The number of benzene rings is 1. The summed E-state index contributed by atoms with van der Waals surface area (Å²) in [6, 6.07) is 10.2. The van der Waals surface area contributed by atoms with E-state index in [0.29, 0.717) is 0 Å². The fourth-order valence-corrected chi connectivity index (χ4v) is 2.83. The number of rotatable bonds is 2. The number of halogens is 1. The molecule has 3 nitrogen and oxygen atoms in total. The molecule has 0 amide bonds. The van der Waals surface area contributed by atoms with Crippen molar-refractivity contribution < 1.29 is 0 Å². The van der Waals surface area contributed by atoms with Gasteiger partial charge in [-0.15, -0.1) is 0 Å². The second-order valence-electron chi connectivity index (χ2n) is 4.47. The SMILES string of the molecule is CCc1nc2c(C)nc(-c3ccccc3)cn2c1Br. The van der Waals surface area contributed by atoms with E-state index in [-0.39, 0.29) is 0 Å². The maximum Gasteiger partial charge on any atom is 0.159 e. The molecule has 2 aromatic heterocycles. The van der Waals surface area contributed by atoms with Crippen LogP contribution in [0.25, 0.3) is 16.9 Å². The van der Waals surface area contributed by atoms with Gasteiger partial charge in [-0.2, -0.15) is 0 Å². The first-order valence-corrected chi connectivity index (χ1v) is 7.09. The van der Waals surface area contributed by atoms with Crippen LogP contribution >= 0.6 is 15.9 Å². The van der Waals surface area contributed by atoms with E-state index in [2.05, 4.69) is 49.4 Å². The van der Waals surface area contributed by atoms with E-state index in [1.54, 1.807) is 0 Å². The average molecular weight is 316 g/mol. The molecule has 2 heterocycles. The molecule has 0 saturated heterocycles. The van der Waals surface area contributed by atoms with Crippen LogP contribution in [0.4, 0.5) is 0 Å². The van der Waals surface area contributed by atoms with Gasteiger partial charge in [0.25, 0.3) is 0 Å². The predicted molar refractivity (Wildman–Crippen MR) is 80.2 cm³/mol. The fourth-order valence-electron chi connectivity index (χ4n) is 2.19. The Balaban J connectivity index is 2.27. The lowest BCUT2D eigenvalue weighted by molar-refractivity contribution is 1.04. The summed E-state index contributed by atoms with van der Waals surface area (Å²) in [7, 11) is 0. The molecule has 0 unspecified atom stereocenters. The summed E-state index contributed by atoms with van der Waals surface area (Å²) in [6.07, 6.45) is 2.94. The van der Waals surface area contributed by atoms with E-state index in [1.165, 1.54) is 0 Å². The number of hydrogen-bond donors (Lipinski definition) is 0. The van der Waals surface area contributed by atoms with Crippen molar-refractivity contribution in [3.05, 3.63) is 52.5 Å². The molecule has 0 bridgehead atoms. The van der Waals surface area contributed by atoms with Gasteiger partial charge in [0.15, 0.2) is 5.65 Å². The third-order valence-electron chi connectivity index (χ3n) is 3.19. The highest BCUT2D eigenvalue weighted by Gasteiger charge is 2.12. The molecule has 0 aliphatic carbocycles. The lowest BCUT2D eigenvalue weighted by atomic mass is 10.1. The standard InChI is InChI=1S/C15H14BrN3/c1-3-12-14(16)19-9-13(11-7-5-4-6-8-11)17-10(2)15(19)18-12/h4-9H,3H2,1-2H3. The van der Waals surface area contributed by atoms with E-state index in [9.17, 15) is 0 Å². The molecule has 3 aromatic rings. The average Bonchev–Trinajstić information content (AvgIpc) is 2.77. The maximum absolute atomic E-state index is 4.66. The van der Waals surface area contributed by atoms with Crippen molar-refractivity contribution in [3.8, 4) is 11.3 Å². The first kappa shape index (κ1) is 12.4. The molecular weight excluding hydrogens is 302 g/mol. The minimum absolute atomic E-state index is 0.905. The van der Waals surface area contributed by atoms with Gasteiger partial charge in [-0.3, -0.25) is 4.40 Å². The molecule has 0 aliphatic heterocycles. The second-order valence-corrected chi connectivity index (χ2v) is 5.23. The minimum atomic E-state index is 0.905. The Morgan fingerprint density at radius 2 is 1.89 bits per heavy atom. The monoisotopic (exact) mass is 315 g/mol. The van der Waals surface area contributed by atoms with Gasteiger partial charge in [0.2, 0.25) is 0 Å². The highest BCUT2D eigenvalue weighted by atomic mass is 79.9. The van der Waals surface area contributed by atoms with Crippen molar-refractivity contribution in [2.24, 2.45) is 0 Å². The molecule has 0 radical (unpaired) electrons. The molecule has 4 heteroatoms. The molecule has 1 aromatic carbocycles. The van der Waals surface area contributed by atoms with Crippen LogP contribution < -0.4 is 0 Å². The Bertz CT molecular complexity index is 732. The lowest BCUT2D eigenvalue weighted by Gasteiger charge is -2.05. The van der Waals surface area contributed by atoms with Crippen molar-refractivity contribution in [1.82, 2.24) is 14.4 Å². The molecule has 0 fully saturated rings. The minimum Gasteiger partial charge on any atom is -0.290 e. The summed E-state index contributed by atoms with van der Waals surface area (Å²) in [5, 5.41) is 0. The van der Waals surface area contributed by atoms with E-state index >= 15 is 0 Å². The summed E-state index contributed by atoms with van der Waals surface area (Å²) in [5.74, 6) is 0. The summed E-state index contributed by atoms with van der Waals surface area (Å²) >= 11 is 3.63. The van der Waals surface area contributed by atoms with Crippen molar-refractivity contribution in [1.29, 1.82) is 0 Å². The zero-order valence-corrected chi connectivity index (χ0v) is 12.5. The molecule has 3 rings (SSSR count). The van der Waals surface area contributed by atoms with E-state index in [4.69, 9.17) is 0 Å². The molecule has 96 valence electrons. The highest BCUT2D eigenvalue weighted by molar-refractivity contribution is 9.10. The molecule has 19 heavy (non-hydrogen) atoms. The number of nitrogens with zero attached hydrogens (tertiary/aromatic N) is 3. The lowest BCUT2D eigenvalue weighted by Crippen LogP contribution is -1.95. The second kappa shape index (κ2) is 4.78. The van der Waals surface area contributed by atoms with Gasteiger partial charge in [-0.1, -0.05) is 37.3 Å². The van der Waals surface area contributed by atoms with Crippen LogP contribution in [0.3, 0.4) is 0 Å². The first-order valence-electron chi connectivity index (χ1n) is 6.30. The number of hydrogen-bond acceptors (Lipinski definition) is 2. The highest BCUT2D eigenvalue weighted by Crippen LogP contribution is 2.24. The Hall–Kier alpha value is -1.68. The number of fused-ring (bicyclic) bond motifs is 1. The number of aryl methyl sites for hydroxylation is 2. The predicted octanol–water partition coefficient (Wildman–Crippen LogP) is 4.03. The molecule has 0 saturated carbocycles. The van der Waals surface area contributed by atoms with Crippen LogP contribution in [-0.4, -0.2) is 14.4 Å². The van der Waals surface area contributed by atoms with Gasteiger partial charge >= 0.3 is 0 Å². The summed E-state index contributed by atoms with van der Waals surface area (Å²) < 4.78 is 3.09. The molecular formula is C15H14BrN3. The van der Waals surface area contributed by atoms with Crippen LogP contribution in [0.15, 0.2) is 41.1 Å². The fraction of sp³-hybridized carbons (Fsp3) is 0.200. The molecule has 0 atom stereocenters. The van der Waals surface area contributed by atoms with Gasteiger partial charge in [0, 0.05) is 11.8 Å². The van der Waals surface area contributed by atoms with Crippen LogP contribution in [0, 0.1) is 6.92 Å². The van der Waals surface area contributed by atoms with Crippen molar-refractivity contribution in [2.75, 3.05) is 0 Å². The van der Waals surface area contributed by atoms with Crippen LogP contribution in [0.1, 0.15) is 18.3 Å². The van der Waals surface area contributed by atoms with Crippen LogP contribution in [-0.2, 0) is 6.42 Å². The largest absolute Gasteiger partial charge is 0.290 e. The van der Waals surface area contributed by atoms with Crippen molar-refractivity contribution in [2.45, 2.75) is 20.3 Å². The van der Waals surface area contributed by atoms with Crippen molar-refractivity contribution >= 4 is 21.6 Å². The third kappa shape index (κ3) is 2.06. The normalized spacial score (nSPS) is 11.1. The van der Waals surface area contributed by atoms with Gasteiger partial charge in [0.1, 0.15) is 4.60 Å².